The molecule has 4 aromatic carbocycles. The number of hydrogen-bond acceptors (Lipinski definition) is 0. The van der Waals surface area contributed by atoms with Crippen LogP contribution in [0.3, 0.4) is 0 Å². The molecule has 148 valence electrons. The van der Waals surface area contributed by atoms with Crippen LogP contribution in [-0.4, -0.2) is 0 Å². The highest BCUT2D eigenvalue weighted by molar-refractivity contribution is 5.84. The van der Waals surface area contributed by atoms with Gasteiger partial charge in [0.2, 0.25) is 0 Å². The first-order chi connectivity index (χ1) is 15.4. The van der Waals surface area contributed by atoms with Gasteiger partial charge < -0.3 is 0 Å². The average molecular weight is 397 g/mol. The molecular formula is C31H24. The third kappa shape index (κ3) is 3.25. The van der Waals surface area contributed by atoms with E-state index in [1.54, 1.807) is 0 Å². The minimum Gasteiger partial charge on any atom is -0.0805 e. The second-order valence-corrected chi connectivity index (χ2v) is 8.55. The molecule has 0 aromatic heterocycles. The third-order valence-corrected chi connectivity index (χ3v) is 6.67. The predicted molar refractivity (Wildman–Crippen MR) is 131 cm³/mol. The van der Waals surface area contributed by atoms with Crippen molar-refractivity contribution >= 4 is 0 Å². The van der Waals surface area contributed by atoms with Gasteiger partial charge in [0.25, 0.3) is 0 Å². The largest absolute Gasteiger partial charge is 0.0805 e. The molecule has 31 heavy (non-hydrogen) atoms. The Morgan fingerprint density at radius 1 is 0.581 bits per heavy atom. The molecule has 6 rings (SSSR count). The molecule has 0 amide bonds. The van der Waals surface area contributed by atoms with Crippen LogP contribution < -0.4 is 0 Å². The zero-order valence-electron chi connectivity index (χ0n) is 17.5. The predicted octanol–water partition coefficient (Wildman–Crippen LogP) is 8.41. The molecule has 0 heterocycles. The second-order valence-electron chi connectivity index (χ2n) is 8.55. The number of allylic oxidation sites excluding steroid dienone is 4. The summed E-state index contributed by atoms with van der Waals surface area (Å²) >= 11 is 0. The van der Waals surface area contributed by atoms with Crippen LogP contribution in [0, 0.1) is 0 Å². The van der Waals surface area contributed by atoms with Crippen molar-refractivity contribution in [2.75, 3.05) is 0 Å². The van der Waals surface area contributed by atoms with E-state index in [9.17, 15) is 0 Å². The molecule has 0 aliphatic heterocycles. The first-order valence-electron chi connectivity index (χ1n) is 11.1. The first-order valence-corrected chi connectivity index (χ1v) is 11.1. The lowest BCUT2D eigenvalue weighted by atomic mass is 9.87. The summed E-state index contributed by atoms with van der Waals surface area (Å²) in [6.45, 7) is 0. The molecule has 0 fully saturated rings. The summed E-state index contributed by atoms with van der Waals surface area (Å²) in [4.78, 5) is 0. The van der Waals surface area contributed by atoms with Crippen molar-refractivity contribution in [2.45, 2.75) is 18.8 Å². The Hall–Kier alpha value is -3.64. The molecule has 0 unspecified atom stereocenters. The quantitative estimate of drug-likeness (QED) is 0.325. The molecule has 0 bridgehead atoms. The van der Waals surface area contributed by atoms with Gasteiger partial charge in [-0.3, -0.25) is 0 Å². The molecule has 0 saturated heterocycles. The summed E-state index contributed by atoms with van der Waals surface area (Å²) in [5, 5.41) is 0. The summed E-state index contributed by atoms with van der Waals surface area (Å²) in [7, 11) is 0. The Morgan fingerprint density at radius 3 is 1.61 bits per heavy atom. The van der Waals surface area contributed by atoms with Gasteiger partial charge >= 0.3 is 0 Å². The minimum absolute atomic E-state index is 0.406. The highest BCUT2D eigenvalue weighted by Gasteiger charge is 2.30. The molecule has 0 heteroatoms. The molecule has 0 nitrogen and oxygen atoms in total. The van der Waals surface area contributed by atoms with Crippen molar-refractivity contribution in [1.82, 2.24) is 0 Å². The van der Waals surface area contributed by atoms with E-state index in [4.69, 9.17) is 0 Å². The van der Waals surface area contributed by atoms with Crippen LogP contribution in [0.1, 0.15) is 29.9 Å². The van der Waals surface area contributed by atoms with E-state index in [1.807, 2.05) is 0 Å². The number of benzene rings is 4. The zero-order valence-corrected chi connectivity index (χ0v) is 17.5. The van der Waals surface area contributed by atoms with Crippen molar-refractivity contribution < 1.29 is 0 Å². The maximum Gasteiger partial charge on any atom is 0.0139 e. The zero-order chi connectivity index (χ0) is 20.6. The van der Waals surface area contributed by atoms with Gasteiger partial charge in [0.15, 0.2) is 0 Å². The van der Waals surface area contributed by atoms with Crippen LogP contribution in [0.2, 0.25) is 0 Å². The maximum atomic E-state index is 2.43. The molecule has 4 aromatic rings. The van der Waals surface area contributed by atoms with Crippen molar-refractivity contribution in [1.29, 1.82) is 0 Å². The molecule has 0 atom stereocenters. The Kier molecular flexibility index (Phi) is 4.43. The van der Waals surface area contributed by atoms with Crippen LogP contribution in [0.25, 0.3) is 33.4 Å². The molecule has 2 aliphatic rings. The number of rotatable bonds is 4. The van der Waals surface area contributed by atoms with E-state index in [1.165, 1.54) is 50.1 Å². The van der Waals surface area contributed by atoms with E-state index in [0.29, 0.717) is 5.92 Å². The van der Waals surface area contributed by atoms with E-state index in [2.05, 4.69) is 115 Å². The summed E-state index contributed by atoms with van der Waals surface area (Å²) < 4.78 is 0. The summed E-state index contributed by atoms with van der Waals surface area (Å²) in [6.07, 6.45) is 8.95. The molecule has 0 saturated carbocycles. The van der Waals surface area contributed by atoms with Crippen molar-refractivity contribution in [3.63, 3.8) is 0 Å². The van der Waals surface area contributed by atoms with Crippen LogP contribution in [0.5, 0.6) is 0 Å². The fourth-order valence-corrected chi connectivity index (χ4v) is 5.11. The second kappa shape index (κ2) is 7.56. The molecule has 2 aliphatic carbocycles. The standard InChI is InChI=1S/C31H24/c1-3-11-23(12-4-1)25-15-17-27-28-18-16-26(24-13-5-2-6-14-24)21-31(28)29(30(27)20-25)19-22-9-7-8-10-22/h1-9,11-18,20-21,29H,10,19H2. The highest BCUT2D eigenvalue weighted by Crippen LogP contribution is 2.50. The third-order valence-electron chi connectivity index (χ3n) is 6.67. The van der Waals surface area contributed by atoms with Crippen molar-refractivity contribution in [3.8, 4) is 33.4 Å². The van der Waals surface area contributed by atoms with E-state index >= 15 is 0 Å². The number of hydrogen-bond donors (Lipinski definition) is 0. The normalized spacial score (nSPS) is 14.4. The van der Waals surface area contributed by atoms with Crippen LogP contribution >= 0.6 is 0 Å². The van der Waals surface area contributed by atoms with Crippen molar-refractivity contribution in [3.05, 3.63) is 132 Å². The van der Waals surface area contributed by atoms with E-state index in [0.717, 1.165) is 12.8 Å². The van der Waals surface area contributed by atoms with Crippen LogP contribution in [-0.2, 0) is 0 Å². The van der Waals surface area contributed by atoms with Gasteiger partial charge in [-0.1, -0.05) is 109 Å². The van der Waals surface area contributed by atoms with Gasteiger partial charge in [-0.25, -0.2) is 0 Å². The van der Waals surface area contributed by atoms with Gasteiger partial charge in [0, 0.05) is 5.92 Å². The van der Waals surface area contributed by atoms with Gasteiger partial charge in [0.1, 0.15) is 0 Å². The van der Waals surface area contributed by atoms with E-state index in [-0.39, 0.29) is 0 Å². The highest BCUT2D eigenvalue weighted by atomic mass is 14.3. The minimum atomic E-state index is 0.406. The molecular weight excluding hydrogens is 372 g/mol. The lowest BCUT2D eigenvalue weighted by Crippen LogP contribution is -1.99. The summed E-state index contributed by atoms with van der Waals surface area (Å²) in [5.41, 5.74) is 12.4. The first kappa shape index (κ1) is 18.2. The van der Waals surface area contributed by atoms with Gasteiger partial charge in [-0.15, -0.1) is 0 Å². The SMILES string of the molecule is C1=CCC(CC2c3cc(-c4ccccc4)ccc3-c3ccc(-c4ccccc4)cc32)=C1. The van der Waals surface area contributed by atoms with Gasteiger partial charge in [-0.2, -0.15) is 0 Å². The average Bonchev–Trinajstić information content (AvgIpc) is 3.46. The molecule has 0 spiro atoms. The van der Waals surface area contributed by atoms with Crippen molar-refractivity contribution in [2.24, 2.45) is 0 Å². The fourth-order valence-electron chi connectivity index (χ4n) is 5.11. The topological polar surface area (TPSA) is 0 Å². The van der Waals surface area contributed by atoms with Crippen LogP contribution in [0.4, 0.5) is 0 Å². The van der Waals surface area contributed by atoms with Gasteiger partial charge in [0.05, 0.1) is 0 Å². The molecule has 0 N–H and O–H groups in total. The maximum absolute atomic E-state index is 2.43. The Morgan fingerprint density at radius 2 is 1.13 bits per heavy atom. The van der Waals surface area contributed by atoms with E-state index < -0.39 is 0 Å². The monoisotopic (exact) mass is 396 g/mol. The lowest BCUT2D eigenvalue weighted by Gasteiger charge is -2.16. The smallest absolute Gasteiger partial charge is 0.0139 e. The van der Waals surface area contributed by atoms with Crippen LogP contribution in [0.15, 0.2) is 121 Å². The summed E-state index contributed by atoms with van der Waals surface area (Å²) in [5.74, 6) is 0.406. The Labute approximate surface area is 184 Å². The fraction of sp³-hybridized carbons (Fsp3) is 0.0968. The van der Waals surface area contributed by atoms with Gasteiger partial charge in [-0.05, 0) is 69.5 Å². The Balaban J connectivity index is 1.48. The lowest BCUT2D eigenvalue weighted by molar-refractivity contribution is 0.805. The number of fused-ring (bicyclic) bond motifs is 3. The Bertz CT molecular complexity index is 1220. The molecule has 0 radical (unpaired) electrons. The summed E-state index contributed by atoms with van der Waals surface area (Å²) in [6, 6.07) is 35.6.